The molecule has 23 heteroatoms. The van der Waals surface area contributed by atoms with E-state index in [4.69, 9.17) is 33.3 Å². The topological polar surface area (TPSA) is 298 Å². The molecule has 3 heterocycles. The van der Waals surface area contributed by atoms with E-state index >= 15 is 0 Å². The largest absolute Gasteiger partial charge is 0.480 e. The van der Waals surface area contributed by atoms with Gasteiger partial charge >= 0.3 is 27.6 Å². The van der Waals surface area contributed by atoms with Gasteiger partial charge in [0.05, 0.1) is 26.1 Å². The standard InChI is InChI=1S/C28H49N7O14P2/c1-7-9-17(10-8-2)13-44-25(39)16(3)34-50(41,45-12-11-30-27(40)48-28(4,5)6)49-51(42,43)46-14-18-20(36)21(37)24(47-18)35-15-31-19-22(35)32-26(29)33-23(19)38/h15-18,20-21,24,36-37H,7-14H2,1-6H3,(H,30,40)(H,34,41)(H,42,43)(H3,29,32,33,38)/t16-,18?,20+,21+,24+,50?/m0/s1. The van der Waals surface area contributed by atoms with E-state index in [0.717, 1.165) is 36.6 Å². The summed E-state index contributed by atoms with van der Waals surface area (Å²) in [4.78, 5) is 57.7. The van der Waals surface area contributed by atoms with Gasteiger partial charge in [0.25, 0.3) is 5.56 Å². The summed E-state index contributed by atoms with van der Waals surface area (Å²) in [5, 5.41) is 25.9. The molecule has 2 aromatic rings. The average molecular weight is 770 g/mol. The van der Waals surface area contributed by atoms with Crippen LogP contribution in [0.1, 0.15) is 73.5 Å². The molecule has 1 saturated heterocycles. The number of anilines is 1. The Morgan fingerprint density at radius 2 is 1.82 bits per heavy atom. The number of phosphoric acid groups is 1. The molecule has 0 spiro atoms. The molecule has 7 atom stereocenters. The molecule has 0 saturated carbocycles. The maximum absolute atomic E-state index is 13.8. The first kappa shape index (κ1) is 42.4. The third-order valence-corrected chi connectivity index (χ3v) is 10.7. The molecule has 1 aliphatic heterocycles. The van der Waals surface area contributed by atoms with E-state index in [9.17, 15) is 38.6 Å². The van der Waals surface area contributed by atoms with Gasteiger partial charge in [-0.05, 0) is 46.5 Å². The number of ether oxygens (including phenoxy) is 3. The lowest BCUT2D eigenvalue weighted by Crippen LogP contribution is -2.37. The number of aromatic nitrogens is 4. The van der Waals surface area contributed by atoms with Crippen LogP contribution in [-0.2, 0) is 41.5 Å². The number of fused-ring (bicyclic) bond motifs is 1. The maximum atomic E-state index is 13.8. The second-order valence-corrected chi connectivity index (χ2v) is 16.2. The van der Waals surface area contributed by atoms with E-state index in [0.29, 0.717) is 0 Å². The van der Waals surface area contributed by atoms with Crippen molar-refractivity contribution in [3.63, 3.8) is 0 Å². The zero-order valence-corrected chi connectivity index (χ0v) is 31.1. The van der Waals surface area contributed by atoms with E-state index in [1.165, 1.54) is 6.92 Å². The number of esters is 1. The number of rotatable bonds is 19. The summed E-state index contributed by atoms with van der Waals surface area (Å²) in [6.45, 7) is 8.61. The summed E-state index contributed by atoms with van der Waals surface area (Å²) >= 11 is 0. The first-order valence-corrected chi connectivity index (χ1v) is 19.4. The van der Waals surface area contributed by atoms with Crippen molar-refractivity contribution in [3.05, 3.63) is 16.7 Å². The summed E-state index contributed by atoms with van der Waals surface area (Å²) in [6.07, 6.45) is -2.51. The number of imidazole rings is 1. The highest BCUT2D eigenvalue weighted by molar-refractivity contribution is 7.63. The third kappa shape index (κ3) is 12.6. The number of aromatic amines is 1. The van der Waals surface area contributed by atoms with Gasteiger partial charge in [-0.15, -0.1) is 0 Å². The number of H-pyrrole nitrogens is 1. The van der Waals surface area contributed by atoms with E-state index in [-0.39, 0.29) is 36.2 Å². The summed E-state index contributed by atoms with van der Waals surface area (Å²) in [5.41, 5.74) is 3.94. The van der Waals surface area contributed by atoms with Crippen LogP contribution in [0, 0.1) is 5.92 Å². The van der Waals surface area contributed by atoms with Crippen LogP contribution < -0.4 is 21.7 Å². The number of nitrogens with two attached hydrogens (primary N) is 1. The number of aliphatic hydroxyl groups is 2. The van der Waals surface area contributed by atoms with Crippen LogP contribution in [0.5, 0.6) is 0 Å². The molecule has 51 heavy (non-hydrogen) atoms. The first-order valence-electron chi connectivity index (χ1n) is 16.4. The molecule has 0 bridgehead atoms. The Kier molecular flexibility index (Phi) is 15.1. The SMILES string of the molecule is CCCC(CCC)COC(=O)[C@H](C)NP(=O)(OCCNC(=O)OC(C)(C)C)OP(=O)(O)OCC1O[C@@H](n2cnc3c(=O)[nH]c(N)nc32)[C@H](O)[C@@H]1O. The number of phosphoric ester groups is 1. The van der Waals surface area contributed by atoms with Crippen LogP contribution in [-0.4, -0.2) is 103 Å². The van der Waals surface area contributed by atoms with Crippen molar-refractivity contribution in [2.24, 2.45) is 5.92 Å². The molecule has 290 valence electrons. The zero-order valence-electron chi connectivity index (χ0n) is 29.3. The molecule has 1 aliphatic rings. The first-order chi connectivity index (χ1) is 23.8. The van der Waals surface area contributed by atoms with Gasteiger partial charge in [0.2, 0.25) is 5.95 Å². The van der Waals surface area contributed by atoms with Crippen molar-refractivity contribution in [2.75, 3.05) is 32.1 Å². The minimum atomic E-state index is -5.36. The second kappa shape index (κ2) is 18.2. The number of carbonyl (C=O) groups excluding carboxylic acids is 2. The van der Waals surface area contributed by atoms with Gasteiger partial charge in [-0.3, -0.25) is 28.2 Å². The fourth-order valence-electron chi connectivity index (χ4n) is 5.01. The Balaban J connectivity index is 1.69. The lowest BCUT2D eigenvalue weighted by Gasteiger charge is -2.25. The number of hydrogen-bond donors (Lipinski definition) is 7. The molecule has 0 aliphatic carbocycles. The predicted molar refractivity (Wildman–Crippen MR) is 180 cm³/mol. The summed E-state index contributed by atoms with van der Waals surface area (Å²) < 4.78 is 59.3. The number of aliphatic hydroxyl groups excluding tert-OH is 2. The van der Waals surface area contributed by atoms with Crippen molar-refractivity contribution < 1.29 is 61.4 Å². The molecule has 3 unspecified atom stereocenters. The Hall–Kier alpha value is -2.97. The number of nitrogens with one attached hydrogen (secondary N) is 3. The zero-order chi connectivity index (χ0) is 38.1. The number of hydrogen-bond acceptors (Lipinski definition) is 16. The lowest BCUT2D eigenvalue weighted by molar-refractivity contribution is -0.146. The molecule has 8 N–H and O–H groups in total. The lowest BCUT2D eigenvalue weighted by atomic mass is 9.99. The Morgan fingerprint density at radius 3 is 2.45 bits per heavy atom. The Bertz CT molecular complexity index is 1630. The number of amides is 1. The monoisotopic (exact) mass is 769 g/mol. The van der Waals surface area contributed by atoms with E-state index in [1.54, 1.807) is 20.8 Å². The highest BCUT2D eigenvalue weighted by atomic mass is 31.3. The van der Waals surface area contributed by atoms with Crippen LogP contribution in [0.25, 0.3) is 11.2 Å². The third-order valence-electron chi connectivity index (χ3n) is 7.27. The van der Waals surface area contributed by atoms with Crippen LogP contribution in [0.4, 0.5) is 10.7 Å². The fraction of sp³-hybridized carbons (Fsp3) is 0.750. The van der Waals surface area contributed by atoms with Crippen molar-refractivity contribution in [3.8, 4) is 0 Å². The van der Waals surface area contributed by atoms with Crippen molar-refractivity contribution in [1.29, 1.82) is 0 Å². The van der Waals surface area contributed by atoms with Crippen LogP contribution in [0.3, 0.4) is 0 Å². The van der Waals surface area contributed by atoms with Crippen molar-refractivity contribution in [2.45, 2.75) is 103 Å². The highest BCUT2D eigenvalue weighted by Crippen LogP contribution is 2.61. The van der Waals surface area contributed by atoms with Gasteiger partial charge < -0.3 is 40.4 Å². The van der Waals surface area contributed by atoms with Crippen LogP contribution in [0.2, 0.25) is 0 Å². The van der Waals surface area contributed by atoms with Gasteiger partial charge in [0, 0.05) is 6.54 Å². The van der Waals surface area contributed by atoms with E-state index in [2.05, 4.69) is 25.4 Å². The van der Waals surface area contributed by atoms with Gasteiger partial charge in [0.15, 0.2) is 17.4 Å². The Labute approximate surface area is 294 Å². The van der Waals surface area contributed by atoms with Gasteiger partial charge in [-0.25, -0.2) is 24.0 Å². The molecule has 0 aromatic carbocycles. The number of nitrogens with zero attached hydrogens (tertiary/aromatic N) is 3. The summed E-state index contributed by atoms with van der Waals surface area (Å²) in [5.74, 6) is -0.981. The molecule has 1 amide bonds. The smallest absolute Gasteiger partial charge is 0.464 e. The van der Waals surface area contributed by atoms with Crippen molar-refractivity contribution >= 4 is 44.7 Å². The van der Waals surface area contributed by atoms with Gasteiger partial charge in [0.1, 0.15) is 30.0 Å². The normalized spacial score (nSPS) is 22.4. The second-order valence-electron chi connectivity index (χ2n) is 12.9. The minimum Gasteiger partial charge on any atom is -0.464 e. The summed E-state index contributed by atoms with van der Waals surface area (Å²) in [6, 6.07) is -1.37. The average Bonchev–Trinajstić information content (AvgIpc) is 3.56. The minimum absolute atomic E-state index is 0.0746. The van der Waals surface area contributed by atoms with Gasteiger partial charge in [-0.1, -0.05) is 26.7 Å². The fourth-order valence-corrected chi connectivity index (χ4v) is 7.99. The van der Waals surface area contributed by atoms with Gasteiger partial charge in [-0.2, -0.15) is 9.29 Å². The number of alkyl carbamates (subject to hydrolysis) is 1. The molecule has 2 aromatic heterocycles. The summed E-state index contributed by atoms with van der Waals surface area (Å²) in [7, 11) is -10.3. The number of carbonyl (C=O) groups is 2. The van der Waals surface area contributed by atoms with Crippen molar-refractivity contribution in [1.82, 2.24) is 29.9 Å². The Morgan fingerprint density at radius 1 is 1.16 bits per heavy atom. The molecule has 21 nitrogen and oxygen atoms in total. The van der Waals surface area contributed by atoms with Crippen LogP contribution >= 0.6 is 15.6 Å². The van der Waals surface area contributed by atoms with E-state index in [1.807, 2.05) is 13.8 Å². The maximum Gasteiger partial charge on any atom is 0.480 e. The molecule has 1 fully saturated rings. The quantitative estimate of drug-likeness (QED) is 0.0609. The molecular formula is C28H49N7O14P2. The van der Waals surface area contributed by atoms with Crippen LogP contribution in [0.15, 0.2) is 11.1 Å². The number of nitrogen functional groups attached to an aromatic ring is 1. The van der Waals surface area contributed by atoms with E-state index < -0.39 is 82.6 Å². The molecular weight excluding hydrogens is 720 g/mol. The highest BCUT2D eigenvalue weighted by Gasteiger charge is 2.47. The predicted octanol–water partition coefficient (Wildman–Crippen LogP) is 1.84. The molecule has 3 rings (SSSR count). The molecule has 0 radical (unpaired) electrons.